The number of sulfonamides is 1. The summed E-state index contributed by atoms with van der Waals surface area (Å²) in [5, 5.41) is 6.10. The van der Waals surface area contributed by atoms with E-state index in [0.29, 0.717) is 27.5 Å². The van der Waals surface area contributed by atoms with Crippen LogP contribution in [0.5, 0.6) is 0 Å². The smallest absolute Gasteiger partial charge is 0.282 e. The average molecular weight is 480 g/mol. The van der Waals surface area contributed by atoms with Gasteiger partial charge in [0.15, 0.2) is 0 Å². The summed E-state index contributed by atoms with van der Waals surface area (Å²) in [4.78, 5) is 24.2. The number of Topliss-reactive ketones (excluding diaryl/α,β-unsaturated/α-hetero) is 1. The maximum absolute atomic E-state index is 13.0. The minimum atomic E-state index is -4.04. The number of benzene rings is 3. The zero-order valence-corrected chi connectivity index (χ0v) is 18.9. The predicted molar refractivity (Wildman–Crippen MR) is 128 cm³/mol. The van der Waals surface area contributed by atoms with E-state index in [1.165, 1.54) is 37.3 Å². The Morgan fingerprint density at radius 2 is 1.48 bits per heavy atom. The number of halogens is 1. The molecule has 0 heterocycles. The average Bonchev–Trinajstić information content (AvgIpc) is 2.78. The van der Waals surface area contributed by atoms with Gasteiger partial charge in [0, 0.05) is 34.4 Å². The number of fused-ring (bicyclic) bond motifs is 1. The molecule has 0 aliphatic heterocycles. The van der Waals surface area contributed by atoms with Crippen LogP contribution in [0.4, 0.5) is 11.4 Å². The number of allylic oxidation sites excluding steroid dienone is 2. The quantitative estimate of drug-likeness (QED) is 0.553. The van der Waals surface area contributed by atoms with Crippen LogP contribution in [-0.4, -0.2) is 25.8 Å². The van der Waals surface area contributed by atoms with E-state index in [0.717, 1.165) is 0 Å². The van der Waals surface area contributed by atoms with Crippen molar-refractivity contribution >= 4 is 50.4 Å². The van der Waals surface area contributed by atoms with Gasteiger partial charge in [0.2, 0.25) is 11.7 Å². The summed E-state index contributed by atoms with van der Waals surface area (Å²) in [6.07, 6.45) is 1.42. The molecule has 0 unspecified atom stereocenters. The summed E-state index contributed by atoms with van der Waals surface area (Å²) in [5.74, 6) is -0.486. The van der Waals surface area contributed by atoms with Crippen molar-refractivity contribution < 1.29 is 18.0 Å². The van der Waals surface area contributed by atoms with Gasteiger partial charge in [-0.3, -0.25) is 9.59 Å². The first-order valence-corrected chi connectivity index (χ1v) is 11.7. The molecule has 0 saturated heterocycles. The maximum atomic E-state index is 13.0. The number of carbonyl (C=O) groups excluding carboxylic acids is 2. The number of anilines is 2. The van der Waals surface area contributed by atoms with Crippen molar-refractivity contribution in [1.82, 2.24) is 0 Å². The normalized spacial score (nSPS) is 14.4. The van der Waals surface area contributed by atoms with E-state index in [9.17, 15) is 18.0 Å². The van der Waals surface area contributed by atoms with Crippen LogP contribution in [0.15, 0.2) is 93.9 Å². The van der Waals surface area contributed by atoms with Crippen LogP contribution in [0.1, 0.15) is 22.8 Å². The van der Waals surface area contributed by atoms with Crippen LogP contribution in [0, 0.1) is 0 Å². The molecule has 0 saturated carbocycles. The fourth-order valence-corrected chi connectivity index (χ4v) is 4.40. The molecule has 2 N–H and O–H groups in total. The molecule has 0 radical (unpaired) electrons. The Labute approximate surface area is 195 Å². The van der Waals surface area contributed by atoms with Gasteiger partial charge in [-0.15, -0.1) is 0 Å². The highest BCUT2D eigenvalue weighted by Gasteiger charge is 2.26. The third kappa shape index (κ3) is 5.02. The topological polar surface area (TPSA) is 105 Å². The van der Waals surface area contributed by atoms with Crippen molar-refractivity contribution in [3.8, 4) is 0 Å². The van der Waals surface area contributed by atoms with Crippen LogP contribution in [0.25, 0.3) is 0 Å². The number of rotatable bonds is 5. The number of ketones is 1. The van der Waals surface area contributed by atoms with Gasteiger partial charge in [0.1, 0.15) is 0 Å². The lowest BCUT2D eigenvalue weighted by Crippen LogP contribution is -2.22. The van der Waals surface area contributed by atoms with Crippen molar-refractivity contribution in [2.24, 2.45) is 4.40 Å². The lowest BCUT2D eigenvalue weighted by molar-refractivity contribution is -0.114. The van der Waals surface area contributed by atoms with Crippen LogP contribution in [0.2, 0.25) is 5.02 Å². The van der Waals surface area contributed by atoms with Crippen LogP contribution < -0.4 is 10.6 Å². The number of nitrogens with zero attached hydrogens (tertiary/aromatic N) is 1. The van der Waals surface area contributed by atoms with E-state index in [4.69, 9.17) is 11.6 Å². The molecule has 0 aromatic heterocycles. The molecule has 1 amide bonds. The molecular weight excluding hydrogens is 462 g/mol. The first kappa shape index (κ1) is 22.4. The summed E-state index contributed by atoms with van der Waals surface area (Å²) in [5.41, 5.74) is 2.26. The molecule has 1 aliphatic rings. The van der Waals surface area contributed by atoms with Gasteiger partial charge in [-0.25, -0.2) is 0 Å². The van der Waals surface area contributed by atoms with Gasteiger partial charge < -0.3 is 10.6 Å². The van der Waals surface area contributed by atoms with Crippen molar-refractivity contribution in [2.45, 2.75) is 11.8 Å². The van der Waals surface area contributed by atoms with Gasteiger partial charge in [-0.1, -0.05) is 35.9 Å². The van der Waals surface area contributed by atoms with Crippen molar-refractivity contribution in [1.29, 1.82) is 0 Å². The molecule has 0 spiro atoms. The van der Waals surface area contributed by atoms with Gasteiger partial charge in [-0.05, 0) is 54.6 Å². The third-order valence-corrected chi connectivity index (χ3v) is 6.34. The van der Waals surface area contributed by atoms with E-state index in [2.05, 4.69) is 15.0 Å². The van der Waals surface area contributed by atoms with E-state index >= 15 is 0 Å². The summed E-state index contributed by atoms with van der Waals surface area (Å²) in [6.45, 7) is 1.41. The van der Waals surface area contributed by atoms with Crippen molar-refractivity contribution in [3.05, 3.63) is 101 Å². The van der Waals surface area contributed by atoms with Crippen LogP contribution in [-0.2, 0) is 14.8 Å². The molecule has 7 nitrogen and oxygen atoms in total. The van der Waals surface area contributed by atoms with Gasteiger partial charge in [0.05, 0.1) is 16.3 Å². The Hall–Kier alpha value is -3.75. The molecule has 3 aromatic carbocycles. The first-order chi connectivity index (χ1) is 15.7. The second-order valence-electron chi connectivity index (χ2n) is 7.22. The van der Waals surface area contributed by atoms with Gasteiger partial charge in [-0.2, -0.15) is 12.8 Å². The number of hydrogen-bond acceptors (Lipinski definition) is 5. The Bertz CT molecular complexity index is 1410. The Morgan fingerprint density at radius 1 is 0.879 bits per heavy atom. The fourth-order valence-electron chi connectivity index (χ4n) is 3.28. The lowest BCUT2D eigenvalue weighted by atomic mass is 9.92. The largest absolute Gasteiger partial charge is 0.352 e. The molecule has 0 fully saturated rings. The number of amides is 1. The standard InChI is InChI=1S/C24H18ClN3O4S/c1-15(29)26-17-8-10-18(11-9-17)27-23-14-22(20-4-2-3-5-21(20)24(23)30)28-33(31,32)19-12-6-16(25)7-13-19/h2-14,27H,1H3,(H,26,29)/b28-22-. The SMILES string of the molecule is CC(=O)Nc1ccc(NC2=C/C(=N/S(=O)(=O)c3ccc(Cl)cc3)c3ccccc3C2=O)cc1. The number of hydrogen-bond donors (Lipinski definition) is 2. The zero-order chi connectivity index (χ0) is 23.6. The summed E-state index contributed by atoms with van der Waals surface area (Å²) in [6, 6.07) is 19.1. The number of nitrogens with one attached hydrogen (secondary N) is 2. The fraction of sp³-hybridized carbons (Fsp3) is 0.0417. The molecule has 1 aliphatic carbocycles. The van der Waals surface area contributed by atoms with Gasteiger partial charge >= 0.3 is 0 Å². The van der Waals surface area contributed by atoms with E-state index in [1.807, 2.05) is 0 Å². The first-order valence-electron chi connectivity index (χ1n) is 9.84. The minimum absolute atomic E-state index is 0.00903. The summed E-state index contributed by atoms with van der Waals surface area (Å²) < 4.78 is 29.8. The van der Waals surface area contributed by atoms with Crippen LogP contribution in [0.3, 0.4) is 0 Å². The monoisotopic (exact) mass is 479 g/mol. The second-order valence-corrected chi connectivity index (χ2v) is 9.26. The van der Waals surface area contributed by atoms with E-state index in [1.54, 1.807) is 48.5 Å². The molecule has 9 heteroatoms. The van der Waals surface area contributed by atoms with Crippen LogP contribution >= 0.6 is 11.6 Å². The van der Waals surface area contributed by atoms with Crippen molar-refractivity contribution in [2.75, 3.05) is 10.6 Å². The Morgan fingerprint density at radius 3 is 2.12 bits per heavy atom. The molecule has 33 heavy (non-hydrogen) atoms. The van der Waals surface area contributed by atoms with E-state index in [-0.39, 0.29) is 28.0 Å². The third-order valence-electron chi connectivity index (χ3n) is 4.79. The highest BCUT2D eigenvalue weighted by molar-refractivity contribution is 7.90. The molecule has 3 aromatic rings. The highest BCUT2D eigenvalue weighted by atomic mass is 35.5. The van der Waals surface area contributed by atoms with Gasteiger partial charge in [0.25, 0.3) is 10.0 Å². The number of carbonyl (C=O) groups is 2. The highest BCUT2D eigenvalue weighted by Crippen LogP contribution is 2.26. The minimum Gasteiger partial charge on any atom is -0.352 e. The lowest BCUT2D eigenvalue weighted by Gasteiger charge is -2.19. The Balaban J connectivity index is 1.72. The predicted octanol–water partition coefficient (Wildman–Crippen LogP) is 4.67. The molecule has 166 valence electrons. The summed E-state index contributed by atoms with van der Waals surface area (Å²) >= 11 is 5.86. The second kappa shape index (κ2) is 9.01. The molecule has 0 bridgehead atoms. The van der Waals surface area contributed by atoms with E-state index < -0.39 is 10.0 Å². The summed E-state index contributed by atoms with van der Waals surface area (Å²) in [7, 11) is -4.04. The molecule has 4 rings (SSSR count). The molecule has 0 atom stereocenters. The maximum Gasteiger partial charge on any atom is 0.282 e. The molecular formula is C24H18ClN3O4S. The Kier molecular flexibility index (Phi) is 6.13. The zero-order valence-electron chi connectivity index (χ0n) is 17.4. The van der Waals surface area contributed by atoms with Crippen molar-refractivity contribution in [3.63, 3.8) is 0 Å².